The quantitative estimate of drug-likeness (QED) is 0.250. The highest BCUT2D eigenvalue weighted by molar-refractivity contribution is 6.36. The van der Waals surface area contributed by atoms with Crippen LogP contribution < -0.4 is 10.9 Å². The van der Waals surface area contributed by atoms with Crippen molar-refractivity contribution in [2.75, 3.05) is 0 Å². The van der Waals surface area contributed by atoms with E-state index in [2.05, 4.69) is 0 Å². The summed E-state index contributed by atoms with van der Waals surface area (Å²) >= 11 is 12.5. The van der Waals surface area contributed by atoms with E-state index in [1.54, 1.807) is 12.1 Å². The third-order valence-electron chi connectivity index (χ3n) is 5.39. The number of hydrogen-bond acceptors (Lipinski definition) is 2. The molecule has 0 unspecified atom stereocenters. The Morgan fingerprint density at radius 1 is 0.538 bits per heavy atom. The first-order valence-corrected chi connectivity index (χ1v) is 8.92. The van der Waals surface area contributed by atoms with Gasteiger partial charge in [0.2, 0.25) is 0 Å². The van der Waals surface area contributed by atoms with Crippen molar-refractivity contribution in [3.05, 3.63) is 79.0 Å². The summed E-state index contributed by atoms with van der Waals surface area (Å²) in [6.07, 6.45) is 0. The summed E-state index contributed by atoms with van der Waals surface area (Å²) in [6, 6.07) is 14.4. The van der Waals surface area contributed by atoms with E-state index >= 15 is 0 Å². The fraction of sp³-hybridized carbons (Fsp3) is 0. The summed E-state index contributed by atoms with van der Waals surface area (Å²) < 4.78 is 0. The number of rotatable bonds is 0. The second-order valence-electron chi connectivity index (χ2n) is 6.74. The molecule has 0 fully saturated rings. The van der Waals surface area contributed by atoms with Crippen molar-refractivity contribution in [2.24, 2.45) is 0 Å². The van der Waals surface area contributed by atoms with Gasteiger partial charge in [0, 0.05) is 53.5 Å². The molecule has 2 aliphatic carbocycles. The lowest BCUT2D eigenvalue weighted by Gasteiger charge is -2.20. The summed E-state index contributed by atoms with van der Waals surface area (Å²) in [7, 11) is 0. The normalized spacial score (nSPS) is 12.5. The maximum atomic E-state index is 13.2. The van der Waals surface area contributed by atoms with Crippen molar-refractivity contribution in [2.45, 2.75) is 0 Å². The van der Waals surface area contributed by atoms with Crippen molar-refractivity contribution in [1.82, 2.24) is 0 Å². The molecular formula is C22H8Cl2O2. The van der Waals surface area contributed by atoms with Gasteiger partial charge in [0.05, 0.1) is 0 Å². The first-order valence-electron chi connectivity index (χ1n) is 8.17. The third kappa shape index (κ3) is 1.55. The predicted octanol–water partition coefficient (Wildman–Crippen LogP) is 5.74. The number of halogens is 2. The van der Waals surface area contributed by atoms with E-state index in [1.807, 2.05) is 36.4 Å². The summed E-state index contributed by atoms with van der Waals surface area (Å²) in [5, 5.41) is 6.72. The van der Waals surface area contributed by atoms with Crippen LogP contribution in [0.25, 0.3) is 54.2 Å². The third-order valence-corrected chi connectivity index (χ3v) is 5.83. The second kappa shape index (κ2) is 4.53. The summed E-state index contributed by atoms with van der Waals surface area (Å²) in [4.78, 5) is 26.4. The van der Waals surface area contributed by atoms with Crippen LogP contribution in [0.3, 0.4) is 0 Å². The zero-order valence-electron chi connectivity index (χ0n) is 13.2. The van der Waals surface area contributed by atoms with Crippen LogP contribution in [0, 0.1) is 0 Å². The van der Waals surface area contributed by atoms with Gasteiger partial charge in [0.25, 0.3) is 0 Å². The Morgan fingerprint density at radius 3 is 1.38 bits per heavy atom. The van der Waals surface area contributed by atoms with Crippen molar-refractivity contribution in [1.29, 1.82) is 0 Å². The van der Waals surface area contributed by atoms with Crippen molar-refractivity contribution in [3.63, 3.8) is 0 Å². The lowest BCUT2D eigenvalue weighted by Crippen LogP contribution is -2.13. The molecule has 4 aromatic carbocycles. The molecule has 2 aliphatic rings. The lowest BCUT2D eigenvalue weighted by atomic mass is 9.81. The highest BCUT2D eigenvalue weighted by atomic mass is 35.5. The molecule has 0 atom stereocenters. The molecule has 0 amide bonds. The van der Waals surface area contributed by atoms with E-state index in [1.165, 1.54) is 0 Å². The van der Waals surface area contributed by atoms with Gasteiger partial charge in [-0.1, -0.05) is 35.3 Å². The smallest absolute Gasteiger partial charge is 0.194 e. The molecule has 0 saturated heterocycles. The molecule has 4 aromatic rings. The van der Waals surface area contributed by atoms with E-state index < -0.39 is 0 Å². The number of benzene rings is 6. The molecule has 26 heavy (non-hydrogen) atoms. The molecule has 0 aromatic heterocycles. The zero-order valence-corrected chi connectivity index (χ0v) is 14.7. The van der Waals surface area contributed by atoms with Gasteiger partial charge in [-0.05, 0) is 47.2 Å². The van der Waals surface area contributed by atoms with E-state index in [4.69, 9.17) is 23.2 Å². The van der Waals surface area contributed by atoms with Crippen LogP contribution in [0.5, 0.6) is 0 Å². The fourth-order valence-corrected chi connectivity index (χ4v) is 4.86. The molecule has 4 heteroatoms. The van der Waals surface area contributed by atoms with Crippen LogP contribution in [0.15, 0.2) is 58.1 Å². The van der Waals surface area contributed by atoms with Gasteiger partial charge in [0.15, 0.2) is 10.9 Å². The maximum Gasteiger partial charge on any atom is 0.194 e. The monoisotopic (exact) mass is 374 g/mol. The minimum Gasteiger partial charge on any atom is -0.289 e. The average Bonchev–Trinajstić information content (AvgIpc) is 2.62. The summed E-state index contributed by atoms with van der Waals surface area (Å²) in [5.41, 5.74) is 1.56. The van der Waals surface area contributed by atoms with Gasteiger partial charge >= 0.3 is 0 Å². The lowest BCUT2D eigenvalue weighted by molar-refractivity contribution is 1.65. The Morgan fingerprint density at radius 2 is 0.962 bits per heavy atom. The van der Waals surface area contributed by atoms with Crippen LogP contribution in [-0.2, 0) is 0 Å². The van der Waals surface area contributed by atoms with Crippen molar-refractivity contribution < 1.29 is 0 Å². The van der Waals surface area contributed by atoms with Crippen LogP contribution in [0.1, 0.15) is 0 Å². The first-order chi connectivity index (χ1) is 12.5. The largest absolute Gasteiger partial charge is 0.289 e. The van der Waals surface area contributed by atoms with Crippen LogP contribution in [0.4, 0.5) is 0 Å². The molecule has 2 nitrogen and oxygen atoms in total. The van der Waals surface area contributed by atoms with Crippen LogP contribution >= 0.6 is 23.2 Å². The predicted molar refractivity (Wildman–Crippen MR) is 109 cm³/mol. The maximum absolute atomic E-state index is 13.2. The summed E-state index contributed by atoms with van der Waals surface area (Å²) in [5.74, 6) is 0. The highest BCUT2D eigenvalue weighted by Crippen LogP contribution is 2.45. The van der Waals surface area contributed by atoms with E-state index in [9.17, 15) is 9.59 Å². The van der Waals surface area contributed by atoms with Crippen LogP contribution in [0.2, 0.25) is 10.0 Å². The SMILES string of the molecule is O=c1c2ccc3cc(Cl)cc4c(=O)c5ccc6cc(Cl)cc1c6c5-c2c34. The molecule has 0 radical (unpaired) electrons. The average molecular weight is 375 g/mol. The van der Waals surface area contributed by atoms with Gasteiger partial charge in [-0.3, -0.25) is 9.59 Å². The van der Waals surface area contributed by atoms with Crippen molar-refractivity contribution in [3.8, 4) is 11.1 Å². The molecule has 0 saturated carbocycles. The van der Waals surface area contributed by atoms with Gasteiger partial charge in [-0.2, -0.15) is 0 Å². The molecule has 0 spiro atoms. The van der Waals surface area contributed by atoms with E-state index in [0.29, 0.717) is 31.6 Å². The molecule has 0 N–H and O–H groups in total. The second-order valence-corrected chi connectivity index (χ2v) is 7.61. The van der Waals surface area contributed by atoms with E-state index in [0.717, 1.165) is 32.7 Å². The van der Waals surface area contributed by atoms with Crippen LogP contribution in [-0.4, -0.2) is 0 Å². The van der Waals surface area contributed by atoms with Crippen molar-refractivity contribution >= 4 is 66.3 Å². The van der Waals surface area contributed by atoms with Gasteiger partial charge in [0.1, 0.15) is 0 Å². The molecular weight excluding hydrogens is 367 g/mol. The zero-order chi connectivity index (χ0) is 17.7. The fourth-order valence-electron chi connectivity index (χ4n) is 4.41. The Labute approximate surface area is 156 Å². The Hall–Kier alpha value is -2.68. The van der Waals surface area contributed by atoms with E-state index in [-0.39, 0.29) is 10.9 Å². The first kappa shape index (κ1) is 14.5. The summed E-state index contributed by atoms with van der Waals surface area (Å²) in [6.45, 7) is 0. The molecule has 6 rings (SSSR count). The standard InChI is InChI=1S/C22H8Cl2O2/c23-11-5-9-1-3-13-19-17(9)15(7-11)22(26)14-4-2-10-6-12(24)8-16(21(13)25)18(10)20(14)19/h1-8H. The molecule has 0 bridgehead atoms. The number of hydrogen-bond donors (Lipinski definition) is 0. The minimum absolute atomic E-state index is 0.0608. The molecule has 0 aliphatic heterocycles. The Kier molecular flexibility index (Phi) is 2.52. The molecule has 0 heterocycles. The Balaban J connectivity index is 2.14. The van der Waals surface area contributed by atoms with Gasteiger partial charge in [-0.15, -0.1) is 0 Å². The highest BCUT2D eigenvalue weighted by Gasteiger charge is 2.25. The van der Waals surface area contributed by atoms with Gasteiger partial charge in [-0.25, -0.2) is 0 Å². The minimum atomic E-state index is -0.0608. The van der Waals surface area contributed by atoms with Gasteiger partial charge < -0.3 is 0 Å². The molecule has 122 valence electrons. The topological polar surface area (TPSA) is 34.1 Å². The Bertz CT molecular complexity index is 1470.